The first-order chi connectivity index (χ1) is 11.5. The lowest BCUT2D eigenvalue weighted by atomic mass is 9.92. The molecule has 3 nitrogen and oxygen atoms in total. The van der Waals surface area contributed by atoms with Crippen molar-refractivity contribution in [2.45, 2.75) is 30.9 Å². The molecule has 0 N–H and O–H groups in total. The number of hydrogen-bond acceptors (Lipinski definition) is 3. The van der Waals surface area contributed by atoms with E-state index < -0.39 is 46.8 Å². The van der Waals surface area contributed by atoms with E-state index >= 15 is 0 Å². The van der Waals surface area contributed by atoms with Crippen LogP contribution < -0.4 is 0 Å². The normalized spacial score (nSPS) is 13.5. The maximum atomic E-state index is 13.6. The molecular weight excluding hydrogens is 387 g/mol. The number of aryl methyl sites for hydroxylation is 1. The monoisotopic (exact) mass is 396 g/mol. The first-order valence-electron chi connectivity index (χ1n) is 6.46. The number of hydrogen-bond donors (Lipinski definition) is 0. The number of carbonyl (C=O) groups is 2. The fourth-order valence-electron chi connectivity index (χ4n) is 1.85. The number of halogens is 9. The van der Waals surface area contributed by atoms with Gasteiger partial charge >= 0.3 is 29.9 Å². The highest BCUT2D eigenvalue weighted by atomic mass is 19.4. The van der Waals surface area contributed by atoms with Crippen LogP contribution in [-0.4, -0.2) is 42.8 Å². The quantitative estimate of drug-likeness (QED) is 0.420. The van der Waals surface area contributed by atoms with Gasteiger partial charge in [-0.3, -0.25) is 4.79 Å². The summed E-state index contributed by atoms with van der Waals surface area (Å²) >= 11 is 0. The predicted molar refractivity (Wildman–Crippen MR) is 67.7 cm³/mol. The molecule has 1 aromatic rings. The zero-order valence-electron chi connectivity index (χ0n) is 12.9. The van der Waals surface area contributed by atoms with Gasteiger partial charge in [0, 0.05) is 5.56 Å². The Hall–Kier alpha value is -2.27. The lowest BCUT2D eigenvalue weighted by Gasteiger charge is -2.32. The number of alkyl halides is 9. The standard InChI is InChI=1S/C14H9F9O3/c1-6-5-7(10(25)26-2)3-4-8(6)9(24)11(15,16)12(17,18)13(19,20)14(21,22)23/h3-5H,1-2H3. The molecule has 0 amide bonds. The molecule has 0 aliphatic carbocycles. The maximum absolute atomic E-state index is 13.6. The first kappa shape index (κ1) is 21.8. The van der Waals surface area contributed by atoms with Crippen LogP contribution >= 0.6 is 0 Å². The summed E-state index contributed by atoms with van der Waals surface area (Å²) in [6.07, 6.45) is -7.02. The van der Waals surface area contributed by atoms with Crippen molar-refractivity contribution in [3.05, 3.63) is 34.9 Å². The van der Waals surface area contributed by atoms with Gasteiger partial charge in [-0.05, 0) is 24.6 Å². The van der Waals surface area contributed by atoms with E-state index in [2.05, 4.69) is 4.74 Å². The Kier molecular flexibility index (Phi) is 5.42. The van der Waals surface area contributed by atoms with Crippen LogP contribution in [0.2, 0.25) is 0 Å². The van der Waals surface area contributed by atoms with Crippen molar-refractivity contribution in [1.82, 2.24) is 0 Å². The largest absolute Gasteiger partial charge is 0.465 e. The molecule has 0 heterocycles. The van der Waals surface area contributed by atoms with E-state index in [1.54, 1.807) is 0 Å². The van der Waals surface area contributed by atoms with Crippen molar-refractivity contribution in [3.63, 3.8) is 0 Å². The third-order valence-corrected chi connectivity index (χ3v) is 3.32. The minimum absolute atomic E-state index is 0.294. The topological polar surface area (TPSA) is 43.4 Å². The SMILES string of the molecule is COC(=O)c1ccc(C(=O)C(F)(F)C(F)(F)C(F)(F)C(F)(F)F)c(C)c1. The Morgan fingerprint density at radius 1 is 0.885 bits per heavy atom. The second kappa shape index (κ2) is 6.47. The van der Waals surface area contributed by atoms with Gasteiger partial charge in [-0.1, -0.05) is 6.07 Å². The zero-order chi connectivity index (χ0) is 20.7. The van der Waals surface area contributed by atoms with E-state index in [9.17, 15) is 49.1 Å². The van der Waals surface area contributed by atoms with Crippen LogP contribution in [0.25, 0.3) is 0 Å². The molecule has 0 saturated heterocycles. The molecule has 12 heteroatoms. The maximum Gasteiger partial charge on any atom is 0.460 e. The summed E-state index contributed by atoms with van der Waals surface area (Å²) in [5.41, 5.74) is -2.10. The highest BCUT2D eigenvalue weighted by Crippen LogP contribution is 2.53. The van der Waals surface area contributed by atoms with Crippen LogP contribution in [0.1, 0.15) is 26.3 Å². The van der Waals surface area contributed by atoms with Crippen molar-refractivity contribution < 1.29 is 53.8 Å². The number of carbonyl (C=O) groups excluding carboxylic acids is 2. The van der Waals surface area contributed by atoms with Gasteiger partial charge < -0.3 is 4.74 Å². The Bertz CT molecular complexity index is 723. The zero-order valence-corrected chi connectivity index (χ0v) is 12.9. The summed E-state index contributed by atoms with van der Waals surface area (Å²) < 4.78 is 120. The first-order valence-corrected chi connectivity index (χ1v) is 6.46. The molecular formula is C14H9F9O3. The van der Waals surface area contributed by atoms with Crippen molar-refractivity contribution >= 4 is 11.8 Å². The summed E-state index contributed by atoms with van der Waals surface area (Å²) in [6, 6.07) is 1.84. The van der Waals surface area contributed by atoms with E-state index in [0.717, 1.165) is 20.1 Å². The molecule has 146 valence electrons. The Balaban J connectivity index is 3.41. The van der Waals surface area contributed by atoms with Crippen LogP contribution in [0.5, 0.6) is 0 Å². The summed E-state index contributed by atoms with van der Waals surface area (Å²) in [5, 5.41) is 0. The molecule has 0 unspecified atom stereocenters. The summed E-state index contributed by atoms with van der Waals surface area (Å²) in [6.45, 7) is 0.885. The van der Waals surface area contributed by atoms with Gasteiger partial charge in [0.25, 0.3) is 0 Å². The number of methoxy groups -OCH3 is 1. The van der Waals surface area contributed by atoms with Gasteiger partial charge in [0.05, 0.1) is 12.7 Å². The molecule has 0 saturated carbocycles. The highest BCUT2D eigenvalue weighted by molar-refractivity contribution is 6.04. The van der Waals surface area contributed by atoms with Crippen LogP contribution in [0.15, 0.2) is 18.2 Å². The molecule has 0 spiro atoms. The Morgan fingerprint density at radius 3 is 1.77 bits per heavy atom. The van der Waals surface area contributed by atoms with Gasteiger partial charge in [-0.2, -0.15) is 39.5 Å². The second-order valence-corrected chi connectivity index (χ2v) is 5.07. The lowest BCUT2D eigenvalue weighted by molar-refractivity contribution is -0.386. The van der Waals surface area contributed by atoms with E-state index in [-0.39, 0.29) is 5.56 Å². The van der Waals surface area contributed by atoms with E-state index in [1.807, 2.05) is 0 Å². The van der Waals surface area contributed by atoms with Crippen molar-refractivity contribution in [1.29, 1.82) is 0 Å². The Labute approximate surface area is 139 Å². The average molecular weight is 396 g/mol. The van der Waals surface area contributed by atoms with Gasteiger partial charge in [0.2, 0.25) is 5.78 Å². The van der Waals surface area contributed by atoms with Crippen molar-refractivity contribution in [2.24, 2.45) is 0 Å². The second-order valence-electron chi connectivity index (χ2n) is 5.07. The molecule has 0 aliphatic rings. The number of ether oxygens (including phenoxy) is 1. The van der Waals surface area contributed by atoms with Gasteiger partial charge in [0.15, 0.2) is 0 Å². The van der Waals surface area contributed by atoms with Crippen LogP contribution in [0.4, 0.5) is 39.5 Å². The number of benzene rings is 1. The summed E-state index contributed by atoms with van der Waals surface area (Å²) in [5.74, 6) is -24.6. The molecule has 0 aromatic heterocycles. The molecule has 1 rings (SSSR count). The van der Waals surface area contributed by atoms with Gasteiger partial charge in [-0.25, -0.2) is 4.79 Å². The third-order valence-electron chi connectivity index (χ3n) is 3.32. The van der Waals surface area contributed by atoms with Gasteiger partial charge in [-0.15, -0.1) is 0 Å². The molecule has 1 aromatic carbocycles. The van der Waals surface area contributed by atoms with Crippen molar-refractivity contribution in [2.75, 3.05) is 7.11 Å². The van der Waals surface area contributed by atoms with Crippen molar-refractivity contribution in [3.8, 4) is 0 Å². The molecule has 0 fully saturated rings. The predicted octanol–water partition coefficient (Wildman–Crippen LogP) is 4.43. The molecule has 0 radical (unpaired) electrons. The fourth-order valence-corrected chi connectivity index (χ4v) is 1.85. The van der Waals surface area contributed by atoms with E-state index in [1.165, 1.54) is 0 Å². The van der Waals surface area contributed by atoms with Crippen LogP contribution in [-0.2, 0) is 4.74 Å². The number of esters is 1. The number of ketones is 1. The average Bonchev–Trinajstić information content (AvgIpc) is 2.51. The minimum atomic E-state index is -7.17. The minimum Gasteiger partial charge on any atom is -0.465 e. The summed E-state index contributed by atoms with van der Waals surface area (Å²) in [4.78, 5) is 22.9. The number of Topliss-reactive ketones (excluding diaryl/α,β-unsaturated/α-hetero) is 1. The third kappa shape index (κ3) is 3.23. The van der Waals surface area contributed by atoms with E-state index in [0.29, 0.717) is 12.1 Å². The molecule has 0 atom stereocenters. The lowest BCUT2D eigenvalue weighted by Crippen LogP contribution is -2.63. The Morgan fingerprint density at radius 2 is 1.38 bits per heavy atom. The van der Waals surface area contributed by atoms with Gasteiger partial charge in [0.1, 0.15) is 0 Å². The molecule has 0 bridgehead atoms. The van der Waals surface area contributed by atoms with Crippen LogP contribution in [0, 0.1) is 6.92 Å². The van der Waals surface area contributed by atoms with E-state index in [4.69, 9.17) is 0 Å². The molecule has 26 heavy (non-hydrogen) atoms. The fraction of sp³-hybridized carbons (Fsp3) is 0.429. The smallest absolute Gasteiger partial charge is 0.460 e. The van der Waals surface area contributed by atoms with Crippen LogP contribution in [0.3, 0.4) is 0 Å². The highest BCUT2D eigenvalue weighted by Gasteiger charge is 2.83. The summed E-state index contributed by atoms with van der Waals surface area (Å²) in [7, 11) is 0.949. The molecule has 0 aliphatic heterocycles. The number of rotatable bonds is 5.